The average molecular weight is 214 g/mol. The van der Waals surface area contributed by atoms with Crippen molar-refractivity contribution in [3.63, 3.8) is 0 Å². The molecule has 0 unspecified atom stereocenters. The number of rotatable bonds is 4. The van der Waals surface area contributed by atoms with Crippen LogP contribution in [0, 0.1) is 0 Å². The summed E-state index contributed by atoms with van der Waals surface area (Å²) in [5.41, 5.74) is 0.894. The molecule has 0 radical (unpaired) electrons. The lowest BCUT2D eigenvalue weighted by atomic mass is 10.0. The summed E-state index contributed by atoms with van der Waals surface area (Å²) >= 11 is 0. The van der Waals surface area contributed by atoms with E-state index in [2.05, 4.69) is 0 Å². The van der Waals surface area contributed by atoms with Gasteiger partial charge in [-0.2, -0.15) is 0 Å². The van der Waals surface area contributed by atoms with Crippen LogP contribution in [0.25, 0.3) is 0 Å². The molecule has 1 aromatic rings. The molecule has 0 aliphatic rings. The van der Waals surface area contributed by atoms with Gasteiger partial charge in [-0.05, 0) is 24.1 Å². The third-order valence-electron chi connectivity index (χ3n) is 2.51. The predicted octanol–water partition coefficient (Wildman–Crippen LogP) is 3.76. The lowest BCUT2D eigenvalue weighted by molar-refractivity contribution is -0.0105. The van der Waals surface area contributed by atoms with Gasteiger partial charge in [-0.3, -0.25) is 0 Å². The topological polar surface area (TPSA) is 9.23 Å². The quantitative estimate of drug-likeness (QED) is 0.741. The maximum absolute atomic E-state index is 13.6. The molecule has 0 saturated heterocycles. The van der Waals surface area contributed by atoms with E-state index in [1.807, 2.05) is 13.0 Å². The Morgan fingerprint density at radius 3 is 2.40 bits per heavy atom. The van der Waals surface area contributed by atoms with E-state index in [-0.39, 0.29) is 17.7 Å². The van der Waals surface area contributed by atoms with Crippen LogP contribution in [0.2, 0.25) is 0 Å². The van der Waals surface area contributed by atoms with Crippen molar-refractivity contribution in [2.24, 2.45) is 0 Å². The predicted molar refractivity (Wildman–Crippen MR) is 56.6 cm³/mol. The molecule has 0 aliphatic carbocycles. The van der Waals surface area contributed by atoms with Crippen molar-refractivity contribution >= 4 is 0 Å². The van der Waals surface area contributed by atoms with E-state index in [9.17, 15) is 8.78 Å². The SMILES string of the molecule is CCc1ccc(OC)c(C(F)(F)CC)c1. The minimum Gasteiger partial charge on any atom is -0.496 e. The van der Waals surface area contributed by atoms with Gasteiger partial charge in [0.15, 0.2) is 0 Å². The van der Waals surface area contributed by atoms with Gasteiger partial charge in [-0.15, -0.1) is 0 Å². The second kappa shape index (κ2) is 4.60. The third kappa shape index (κ3) is 2.46. The molecule has 0 aromatic heterocycles. The molecule has 0 aliphatic heterocycles. The first-order valence-electron chi connectivity index (χ1n) is 5.10. The summed E-state index contributed by atoms with van der Waals surface area (Å²) in [5, 5.41) is 0. The summed E-state index contributed by atoms with van der Waals surface area (Å²) in [6.07, 6.45) is 0.535. The maximum atomic E-state index is 13.6. The summed E-state index contributed by atoms with van der Waals surface area (Å²) in [6.45, 7) is 3.41. The molecule has 84 valence electrons. The number of hydrogen-bond donors (Lipinski definition) is 0. The zero-order chi connectivity index (χ0) is 11.5. The van der Waals surface area contributed by atoms with Crippen molar-refractivity contribution in [2.75, 3.05) is 7.11 Å². The lowest BCUT2D eigenvalue weighted by Crippen LogP contribution is -2.13. The zero-order valence-corrected chi connectivity index (χ0v) is 9.31. The normalized spacial score (nSPS) is 11.5. The molecular weight excluding hydrogens is 198 g/mol. The number of halogens is 2. The molecule has 0 bridgehead atoms. The molecule has 0 spiro atoms. The Bertz CT molecular complexity index is 334. The fraction of sp³-hybridized carbons (Fsp3) is 0.500. The molecule has 0 saturated carbocycles. The van der Waals surface area contributed by atoms with Gasteiger partial charge in [0.2, 0.25) is 0 Å². The Hall–Kier alpha value is -1.12. The standard InChI is InChI=1S/C12H16F2O/c1-4-9-6-7-11(15-3)10(8-9)12(13,14)5-2/h6-8H,4-5H2,1-3H3. The van der Waals surface area contributed by atoms with E-state index in [0.29, 0.717) is 0 Å². The highest BCUT2D eigenvalue weighted by Gasteiger charge is 2.32. The monoisotopic (exact) mass is 214 g/mol. The highest BCUT2D eigenvalue weighted by Crippen LogP contribution is 2.37. The Morgan fingerprint density at radius 2 is 1.93 bits per heavy atom. The first-order valence-corrected chi connectivity index (χ1v) is 5.10. The Morgan fingerprint density at radius 1 is 1.27 bits per heavy atom. The highest BCUT2D eigenvalue weighted by atomic mass is 19.3. The Kier molecular flexibility index (Phi) is 3.66. The minimum atomic E-state index is -2.81. The number of alkyl halides is 2. The van der Waals surface area contributed by atoms with Crippen molar-refractivity contribution in [2.45, 2.75) is 32.6 Å². The van der Waals surface area contributed by atoms with Crippen LogP contribution in [0.15, 0.2) is 18.2 Å². The van der Waals surface area contributed by atoms with Gasteiger partial charge in [0.05, 0.1) is 12.7 Å². The Balaban J connectivity index is 3.23. The van der Waals surface area contributed by atoms with E-state index < -0.39 is 5.92 Å². The molecular formula is C12H16F2O. The second-order valence-corrected chi connectivity index (χ2v) is 3.45. The molecule has 3 heteroatoms. The van der Waals surface area contributed by atoms with E-state index in [0.717, 1.165) is 12.0 Å². The van der Waals surface area contributed by atoms with Gasteiger partial charge in [-0.25, -0.2) is 8.78 Å². The molecule has 0 heterocycles. The molecule has 0 N–H and O–H groups in total. The summed E-state index contributed by atoms with van der Waals surface area (Å²) < 4.78 is 32.1. The van der Waals surface area contributed by atoms with Crippen LogP contribution in [0.5, 0.6) is 5.75 Å². The van der Waals surface area contributed by atoms with Crippen LogP contribution in [0.3, 0.4) is 0 Å². The van der Waals surface area contributed by atoms with Crippen LogP contribution < -0.4 is 4.74 Å². The van der Waals surface area contributed by atoms with Crippen molar-refractivity contribution in [1.29, 1.82) is 0 Å². The van der Waals surface area contributed by atoms with E-state index >= 15 is 0 Å². The first-order chi connectivity index (χ1) is 7.05. The van der Waals surface area contributed by atoms with Crippen LogP contribution in [-0.4, -0.2) is 7.11 Å². The van der Waals surface area contributed by atoms with Gasteiger partial charge >= 0.3 is 0 Å². The van der Waals surface area contributed by atoms with Crippen LogP contribution in [0.4, 0.5) is 8.78 Å². The third-order valence-corrected chi connectivity index (χ3v) is 2.51. The van der Waals surface area contributed by atoms with Crippen molar-refractivity contribution in [3.8, 4) is 5.75 Å². The average Bonchev–Trinajstić information content (AvgIpc) is 2.28. The number of ether oxygens (including phenoxy) is 1. The molecule has 1 rings (SSSR count). The van der Waals surface area contributed by atoms with Gasteiger partial charge in [0.1, 0.15) is 5.75 Å². The number of aryl methyl sites for hydroxylation is 1. The Labute approximate surface area is 89.1 Å². The largest absolute Gasteiger partial charge is 0.496 e. The zero-order valence-electron chi connectivity index (χ0n) is 9.31. The second-order valence-electron chi connectivity index (χ2n) is 3.45. The van der Waals surface area contributed by atoms with Crippen molar-refractivity contribution in [3.05, 3.63) is 29.3 Å². The highest BCUT2D eigenvalue weighted by molar-refractivity contribution is 5.40. The smallest absolute Gasteiger partial charge is 0.276 e. The summed E-state index contributed by atoms with van der Waals surface area (Å²) in [4.78, 5) is 0. The fourth-order valence-corrected chi connectivity index (χ4v) is 1.45. The molecule has 1 nitrogen and oxygen atoms in total. The summed E-state index contributed by atoms with van der Waals surface area (Å²) in [7, 11) is 1.41. The van der Waals surface area contributed by atoms with E-state index in [4.69, 9.17) is 4.74 Å². The first kappa shape index (κ1) is 12.0. The molecule has 0 fully saturated rings. The summed E-state index contributed by atoms with van der Waals surface area (Å²) in [5.74, 6) is -2.55. The molecule has 0 amide bonds. The van der Waals surface area contributed by atoms with Crippen molar-refractivity contribution < 1.29 is 13.5 Å². The molecule has 0 atom stereocenters. The molecule has 1 aromatic carbocycles. The van der Waals surface area contributed by atoms with Crippen LogP contribution >= 0.6 is 0 Å². The van der Waals surface area contributed by atoms with Gasteiger partial charge in [0, 0.05) is 6.42 Å². The van der Waals surface area contributed by atoms with Gasteiger partial charge in [-0.1, -0.05) is 19.9 Å². The van der Waals surface area contributed by atoms with Crippen LogP contribution in [-0.2, 0) is 12.3 Å². The van der Waals surface area contributed by atoms with Gasteiger partial charge in [0.25, 0.3) is 5.92 Å². The van der Waals surface area contributed by atoms with E-state index in [1.54, 1.807) is 6.07 Å². The van der Waals surface area contributed by atoms with Gasteiger partial charge < -0.3 is 4.74 Å². The lowest BCUT2D eigenvalue weighted by Gasteiger charge is -2.18. The maximum Gasteiger partial charge on any atom is 0.276 e. The number of methoxy groups -OCH3 is 1. The number of benzene rings is 1. The van der Waals surface area contributed by atoms with E-state index in [1.165, 1.54) is 20.1 Å². The minimum absolute atomic E-state index is 0.00755. The summed E-state index contributed by atoms with van der Waals surface area (Å²) in [6, 6.07) is 4.95. The molecule has 15 heavy (non-hydrogen) atoms. The van der Waals surface area contributed by atoms with Crippen molar-refractivity contribution in [1.82, 2.24) is 0 Å². The number of hydrogen-bond acceptors (Lipinski definition) is 1. The fourth-order valence-electron chi connectivity index (χ4n) is 1.45. The van der Waals surface area contributed by atoms with Crippen LogP contribution in [0.1, 0.15) is 31.4 Å².